The number of nitrogens with zero attached hydrogens (tertiary/aromatic N) is 1. The first-order chi connectivity index (χ1) is 9.16. The van der Waals surface area contributed by atoms with Crippen molar-refractivity contribution in [3.8, 4) is 0 Å². The van der Waals surface area contributed by atoms with Gasteiger partial charge in [0.05, 0.1) is 38.0 Å². The summed E-state index contributed by atoms with van der Waals surface area (Å²) in [5.74, 6) is -0.323. The Morgan fingerprint density at radius 1 is 1.21 bits per heavy atom. The second-order valence-corrected chi connectivity index (χ2v) is 6.32. The fourth-order valence-corrected chi connectivity index (χ4v) is 3.77. The lowest BCUT2D eigenvalue weighted by molar-refractivity contribution is -0.886. The normalized spacial score (nSPS) is 31.8. The summed E-state index contributed by atoms with van der Waals surface area (Å²) in [6.07, 6.45) is 5.60. The van der Waals surface area contributed by atoms with Crippen LogP contribution in [0.4, 0.5) is 0 Å². The summed E-state index contributed by atoms with van der Waals surface area (Å²) in [6.45, 7) is 3.84. The number of quaternary nitrogens is 1. The number of halogens is 1. The SMILES string of the molecule is O=C1C2CC=C(Cl)CC2C(=O)N1CC[NH+]1CCCC1. The molecule has 0 aromatic heterocycles. The van der Waals surface area contributed by atoms with E-state index in [-0.39, 0.29) is 23.7 Å². The van der Waals surface area contributed by atoms with Crippen LogP contribution < -0.4 is 4.90 Å². The van der Waals surface area contributed by atoms with E-state index in [4.69, 9.17) is 11.6 Å². The third-order valence-corrected chi connectivity index (χ3v) is 4.97. The summed E-state index contributed by atoms with van der Waals surface area (Å²) in [5.41, 5.74) is 0. The third kappa shape index (κ3) is 2.43. The van der Waals surface area contributed by atoms with Crippen molar-refractivity contribution in [1.82, 2.24) is 4.90 Å². The summed E-state index contributed by atoms with van der Waals surface area (Å²) in [6, 6.07) is 0. The number of carbonyl (C=O) groups excluding carboxylic acids is 2. The van der Waals surface area contributed by atoms with Crippen LogP contribution in [0, 0.1) is 11.8 Å². The van der Waals surface area contributed by atoms with E-state index in [1.165, 1.54) is 35.7 Å². The molecule has 0 aromatic rings. The quantitative estimate of drug-likeness (QED) is 0.751. The molecule has 19 heavy (non-hydrogen) atoms. The van der Waals surface area contributed by atoms with Crippen molar-refractivity contribution in [2.45, 2.75) is 25.7 Å². The molecule has 104 valence electrons. The molecule has 2 fully saturated rings. The van der Waals surface area contributed by atoms with Gasteiger partial charge in [-0.05, 0) is 12.8 Å². The molecule has 2 atom stereocenters. The van der Waals surface area contributed by atoms with Gasteiger partial charge in [-0.3, -0.25) is 14.5 Å². The van der Waals surface area contributed by atoms with Gasteiger partial charge in [-0.2, -0.15) is 0 Å². The number of nitrogens with one attached hydrogen (secondary N) is 1. The van der Waals surface area contributed by atoms with Crippen molar-refractivity contribution in [2.24, 2.45) is 11.8 Å². The summed E-state index contributed by atoms with van der Waals surface area (Å²) < 4.78 is 0. The van der Waals surface area contributed by atoms with Crippen molar-refractivity contribution in [3.05, 3.63) is 11.1 Å². The predicted molar refractivity (Wildman–Crippen MR) is 71.7 cm³/mol. The number of carbonyl (C=O) groups is 2. The molecule has 4 nitrogen and oxygen atoms in total. The van der Waals surface area contributed by atoms with Crippen molar-refractivity contribution >= 4 is 23.4 Å². The molecule has 5 heteroatoms. The minimum absolute atomic E-state index is 0.000142. The molecule has 0 bridgehead atoms. The zero-order valence-electron chi connectivity index (χ0n) is 11.0. The Hall–Kier alpha value is -0.870. The van der Waals surface area contributed by atoms with Crippen LogP contribution in [0.25, 0.3) is 0 Å². The van der Waals surface area contributed by atoms with Crippen LogP contribution in [0.15, 0.2) is 11.1 Å². The highest BCUT2D eigenvalue weighted by Gasteiger charge is 2.48. The van der Waals surface area contributed by atoms with Crippen LogP contribution >= 0.6 is 11.6 Å². The molecule has 2 saturated heterocycles. The Labute approximate surface area is 118 Å². The van der Waals surface area contributed by atoms with Gasteiger partial charge >= 0.3 is 0 Å². The van der Waals surface area contributed by atoms with E-state index in [9.17, 15) is 9.59 Å². The molecule has 3 rings (SSSR count). The number of rotatable bonds is 3. The van der Waals surface area contributed by atoms with Gasteiger partial charge in [-0.15, -0.1) is 0 Å². The molecule has 1 N–H and O–H groups in total. The number of likely N-dealkylation sites (tertiary alicyclic amines) is 2. The molecular formula is C14H20ClN2O2+. The molecule has 0 aromatic carbocycles. The standard InChI is InChI=1S/C14H19ClN2O2/c15-10-3-4-11-12(9-10)14(19)17(13(11)18)8-7-16-5-1-2-6-16/h3,11-12H,1-2,4-9H2/p+1. The lowest BCUT2D eigenvalue weighted by Gasteiger charge is -2.18. The summed E-state index contributed by atoms with van der Waals surface area (Å²) in [5, 5.41) is 0.731. The van der Waals surface area contributed by atoms with Crippen LogP contribution in [0.2, 0.25) is 0 Å². The van der Waals surface area contributed by atoms with Gasteiger partial charge in [-0.1, -0.05) is 17.7 Å². The zero-order valence-corrected chi connectivity index (χ0v) is 11.8. The molecule has 0 spiro atoms. The maximum Gasteiger partial charge on any atom is 0.233 e. The highest BCUT2D eigenvalue weighted by Crippen LogP contribution is 2.38. The smallest absolute Gasteiger partial charge is 0.233 e. The largest absolute Gasteiger partial charge is 0.333 e. The molecule has 2 aliphatic heterocycles. The Bertz CT molecular complexity index is 429. The van der Waals surface area contributed by atoms with Gasteiger partial charge in [0.15, 0.2) is 0 Å². The van der Waals surface area contributed by atoms with Crippen LogP contribution in [-0.2, 0) is 9.59 Å². The summed E-state index contributed by atoms with van der Waals surface area (Å²) in [7, 11) is 0. The second-order valence-electron chi connectivity index (χ2n) is 5.84. The first-order valence-electron chi connectivity index (χ1n) is 7.20. The van der Waals surface area contributed by atoms with Crippen LogP contribution in [0.3, 0.4) is 0 Å². The van der Waals surface area contributed by atoms with Gasteiger partial charge in [0.25, 0.3) is 0 Å². The van der Waals surface area contributed by atoms with E-state index in [0.29, 0.717) is 19.4 Å². The Morgan fingerprint density at radius 2 is 1.89 bits per heavy atom. The number of allylic oxidation sites excluding steroid dienone is 2. The second kappa shape index (κ2) is 5.25. The van der Waals surface area contributed by atoms with E-state index in [1.54, 1.807) is 0 Å². The Morgan fingerprint density at radius 3 is 2.63 bits per heavy atom. The lowest BCUT2D eigenvalue weighted by Crippen LogP contribution is -3.10. The number of hydrogen-bond acceptors (Lipinski definition) is 2. The van der Waals surface area contributed by atoms with Crippen molar-refractivity contribution in [3.63, 3.8) is 0 Å². The summed E-state index contributed by atoms with van der Waals surface area (Å²) in [4.78, 5) is 27.6. The number of hydrogen-bond donors (Lipinski definition) is 1. The fraction of sp³-hybridized carbons (Fsp3) is 0.714. The molecule has 2 amide bonds. The van der Waals surface area contributed by atoms with Crippen molar-refractivity contribution in [1.29, 1.82) is 0 Å². The lowest BCUT2D eigenvalue weighted by atomic mass is 9.85. The average molecular weight is 284 g/mol. The maximum atomic E-state index is 12.3. The molecular weight excluding hydrogens is 264 g/mol. The molecule has 2 heterocycles. The molecule has 2 unspecified atom stereocenters. The van der Waals surface area contributed by atoms with Crippen molar-refractivity contribution < 1.29 is 14.5 Å². The van der Waals surface area contributed by atoms with Crippen LogP contribution in [-0.4, -0.2) is 42.9 Å². The maximum absolute atomic E-state index is 12.3. The monoisotopic (exact) mass is 283 g/mol. The first kappa shape index (κ1) is 13.1. The minimum Gasteiger partial charge on any atom is -0.333 e. The average Bonchev–Trinajstić information content (AvgIpc) is 2.98. The van der Waals surface area contributed by atoms with E-state index < -0.39 is 0 Å². The fourth-order valence-electron chi connectivity index (χ4n) is 3.51. The van der Waals surface area contributed by atoms with Crippen molar-refractivity contribution in [2.75, 3.05) is 26.2 Å². The highest BCUT2D eigenvalue weighted by atomic mass is 35.5. The minimum atomic E-state index is -0.196. The molecule has 1 aliphatic carbocycles. The first-order valence-corrected chi connectivity index (χ1v) is 7.58. The molecule has 3 aliphatic rings. The highest BCUT2D eigenvalue weighted by molar-refractivity contribution is 6.30. The van der Waals surface area contributed by atoms with Gasteiger partial charge in [-0.25, -0.2) is 0 Å². The number of imide groups is 1. The number of fused-ring (bicyclic) bond motifs is 1. The van der Waals surface area contributed by atoms with Crippen LogP contribution in [0.1, 0.15) is 25.7 Å². The summed E-state index contributed by atoms with van der Waals surface area (Å²) >= 11 is 6.00. The van der Waals surface area contributed by atoms with E-state index in [0.717, 1.165) is 11.6 Å². The van der Waals surface area contributed by atoms with Gasteiger partial charge in [0, 0.05) is 17.9 Å². The van der Waals surface area contributed by atoms with Gasteiger partial charge < -0.3 is 4.90 Å². The Balaban J connectivity index is 1.63. The topological polar surface area (TPSA) is 41.8 Å². The van der Waals surface area contributed by atoms with E-state index in [2.05, 4.69) is 0 Å². The zero-order chi connectivity index (χ0) is 13.4. The van der Waals surface area contributed by atoms with E-state index in [1.807, 2.05) is 6.08 Å². The number of amides is 2. The van der Waals surface area contributed by atoms with Crippen LogP contribution in [0.5, 0.6) is 0 Å². The van der Waals surface area contributed by atoms with E-state index >= 15 is 0 Å². The predicted octanol–water partition coefficient (Wildman–Crippen LogP) is 0.183. The molecule has 0 radical (unpaired) electrons. The van der Waals surface area contributed by atoms with Gasteiger partial charge in [0.1, 0.15) is 0 Å². The van der Waals surface area contributed by atoms with Gasteiger partial charge in [0.2, 0.25) is 11.8 Å². The Kier molecular flexibility index (Phi) is 3.63. The molecule has 0 saturated carbocycles. The third-order valence-electron chi connectivity index (χ3n) is 4.66.